The van der Waals surface area contributed by atoms with E-state index in [-0.39, 0.29) is 60.8 Å². The molecular weight excluding hydrogens is 671 g/mol. The summed E-state index contributed by atoms with van der Waals surface area (Å²) in [5.74, 6) is -0.200. The molecule has 16 heteroatoms. The number of hydrogen-bond acceptors (Lipinski definition) is 10. The number of likely N-dealkylation sites (tertiary alicyclic amines) is 1. The van der Waals surface area contributed by atoms with Crippen molar-refractivity contribution in [1.82, 2.24) is 30.4 Å². The number of fused-ring (bicyclic) bond motifs is 1. The summed E-state index contributed by atoms with van der Waals surface area (Å²) in [5.41, 5.74) is -1.06. The second-order valence-corrected chi connectivity index (χ2v) is 14.3. The number of ether oxygens (including phenoxy) is 3. The molecule has 1 saturated carbocycles. The zero-order chi connectivity index (χ0) is 37.3. The molecule has 3 amide bonds. The van der Waals surface area contributed by atoms with E-state index in [4.69, 9.17) is 14.2 Å². The van der Waals surface area contributed by atoms with Crippen molar-refractivity contribution in [1.29, 1.82) is 0 Å². The van der Waals surface area contributed by atoms with Gasteiger partial charge < -0.3 is 40.0 Å². The number of nitrogens with one attached hydrogen (secondary N) is 3. The number of aromatic nitrogens is 2. The summed E-state index contributed by atoms with van der Waals surface area (Å²) in [5, 5.41) is 9.06. The van der Waals surface area contributed by atoms with Crippen LogP contribution in [0.1, 0.15) is 72.3 Å². The number of carbonyl (C=O) groups is 3. The highest BCUT2D eigenvalue weighted by atomic mass is 19.4. The Morgan fingerprint density at radius 1 is 1.04 bits per heavy atom. The number of halogens is 3. The van der Waals surface area contributed by atoms with Gasteiger partial charge in [0.2, 0.25) is 11.8 Å². The van der Waals surface area contributed by atoms with E-state index in [9.17, 15) is 27.6 Å². The number of alkyl carbamates (subject to hydrolysis) is 1. The quantitative estimate of drug-likeness (QED) is 0.227. The maximum absolute atomic E-state index is 13.8. The molecule has 0 radical (unpaired) electrons. The van der Waals surface area contributed by atoms with Crippen LogP contribution in [-0.4, -0.2) is 120 Å². The Bertz CT molecular complexity index is 1490. The molecule has 2 aliphatic rings. The van der Waals surface area contributed by atoms with Crippen LogP contribution in [0.3, 0.4) is 0 Å². The van der Waals surface area contributed by atoms with Gasteiger partial charge in [-0.1, -0.05) is 0 Å². The maximum atomic E-state index is 13.8. The number of hydrogen-bond donors (Lipinski definition) is 3. The van der Waals surface area contributed by atoms with Crippen LogP contribution in [0.15, 0.2) is 24.5 Å². The van der Waals surface area contributed by atoms with E-state index in [1.165, 1.54) is 12.4 Å². The first kappa shape index (κ1) is 40.0. The summed E-state index contributed by atoms with van der Waals surface area (Å²) in [6, 6.07) is 2.55. The third-order valence-electron chi connectivity index (χ3n) is 9.20. The minimum Gasteiger partial charge on any atom is -0.444 e. The van der Waals surface area contributed by atoms with Gasteiger partial charge in [-0.3, -0.25) is 9.59 Å². The van der Waals surface area contributed by atoms with Crippen molar-refractivity contribution in [3.63, 3.8) is 0 Å². The Kier molecular flexibility index (Phi) is 13.8. The number of amides is 3. The molecule has 2 aromatic rings. The molecule has 0 spiro atoms. The summed E-state index contributed by atoms with van der Waals surface area (Å²) in [7, 11) is 2.06. The van der Waals surface area contributed by atoms with Crippen molar-refractivity contribution in [3.8, 4) is 0 Å². The Morgan fingerprint density at radius 3 is 2.45 bits per heavy atom. The Labute approximate surface area is 297 Å². The number of carbonyl (C=O) groups excluding carboxylic acids is 3. The van der Waals surface area contributed by atoms with E-state index in [1.54, 1.807) is 25.7 Å². The number of nitrogens with zero attached hydrogens (tertiary/aromatic N) is 4. The molecule has 284 valence electrons. The van der Waals surface area contributed by atoms with Crippen molar-refractivity contribution in [3.05, 3.63) is 30.1 Å². The van der Waals surface area contributed by atoms with Gasteiger partial charge in [-0.05, 0) is 85.5 Å². The van der Waals surface area contributed by atoms with E-state index in [1.807, 2.05) is 0 Å². The van der Waals surface area contributed by atoms with Crippen molar-refractivity contribution < 1.29 is 41.8 Å². The predicted molar refractivity (Wildman–Crippen MR) is 185 cm³/mol. The number of alkyl halides is 3. The van der Waals surface area contributed by atoms with Gasteiger partial charge in [-0.25, -0.2) is 14.8 Å². The SMILES string of the molecule is CC(C)N(C)[C@@H]1CC[C@H](N2CC[C@H](Nc3ncnc4ccc(C(F)(F)F)cc34)C2=O)[C@H](NC(=O)CCOCCOCCNC(=O)OC(C)(C)C)C1. The zero-order valence-corrected chi connectivity index (χ0v) is 30.3. The first-order valence-electron chi connectivity index (χ1n) is 17.6. The van der Waals surface area contributed by atoms with Crippen molar-refractivity contribution in [2.45, 2.75) is 109 Å². The second kappa shape index (κ2) is 17.6. The second-order valence-electron chi connectivity index (χ2n) is 14.3. The van der Waals surface area contributed by atoms with Crippen LogP contribution in [0.5, 0.6) is 0 Å². The monoisotopic (exact) mass is 723 g/mol. The van der Waals surface area contributed by atoms with Gasteiger partial charge in [0.05, 0.1) is 49.6 Å². The number of anilines is 1. The van der Waals surface area contributed by atoms with Gasteiger partial charge in [0.1, 0.15) is 23.8 Å². The topological polar surface area (TPSA) is 147 Å². The lowest BCUT2D eigenvalue weighted by Crippen LogP contribution is -2.58. The van der Waals surface area contributed by atoms with Crippen LogP contribution >= 0.6 is 0 Å². The van der Waals surface area contributed by atoms with Gasteiger partial charge in [0.15, 0.2) is 0 Å². The summed E-state index contributed by atoms with van der Waals surface area (Å²) >= 11 is 0. The molecule has 3 N–H and O–H groups in total. The molecular formula is C35H52F3N7O6. The van der Waals surface area contributed by atoms with Crippen LogP contribution < -0.4 is 16.0 Å². The smallest absolute Gasteiger partial charge is 0.416 e. The highest BCUT2D eigenvalue weighted by Gasteiger charge is 2.43. The normalized spacial score (nSPS) is 21.4. The molecule has 13 nitrogen and oxygen atoms in total. The number of rotatable bonds is 15. The lowest BCUT2D eigenvalue weighted by molar-refractivity contribution is -0.137. The van der Waals surface area contributed by atoms with Crippen LogP contribution in [0.2, 0.25) is 0 Å². The molecule has 2 fully saturated rings. The molecule has 4 rings (SSSR count). The largest absolute Gasteiger partial charge is 0.444 e. The maximum Gasteiger partial charge on any atom is 0.416 e. The van der Waals surface area contributed by atoms with E-state index < -0.39 is 29.5 Å². The minimum atomic E-state index is -4.53. The van der Waals surface area contributed by atoms with Gasteiger partial charge in [-0.2, -0.15) is 13.2 Å². The summed E-state index contributed by atoms with van der Waals surface area (Å²) in [6.07, 6.45) is -1.02. The molecule has 0 bridgehead atoms. The van der Waals surface area contributed by atoms with E-state index in [0.717, 1.165) is 18.6 Å². The first-order valence-corrected chi connectivity index (χ1v) is 17.6. The summed E-state index contributed by atoms with van der Waals surface area (Å²) < 4.78 is 56.6. The molecule has 0 unspecified atom stereocenters. The highest BCUT2D eigenvalue weighted by molar-refractivity contribution is 5.93. The van der Waals surface area contributed by atoms with Crippen LogP contribution in [-0.2, 0) is 30.0 Å². The van der Waals surface area contributed by atoms with Crippen LogP contribution in [0.4, 0.5) is 23.8 Å². The number of benzene rings is 1. The van der Waals surface area contributed by atoms with E-state index in [0.29, 0.717) is 57.1 Å². The molecule has 1 aromatic carbocycles. The predicted octanol–water partition coefficient (Wildman–Crippen LogP) is 4.36. The average Bonchev–Trinajstić information content (AvgIpc) is 3.41. The van der Waals surface area contributed by atoms with Crippen LogP contribution in [0.25, 0.3) is 10.9 Å². The molecule has 1 saturated heterocycles. The lowest BCUT2D eigenvalue weighted by Gasteiger charge is -2.44. The molecule has 2 heterocycles. The van der Waals surface area contributed by atoms with E-state index >= 15 is 0 Å². The molecule has 51 heavy (non-hydrogen) atoms. The van der Waals surface area contributed by atoms with E-state index in [2.05, 4.69) is 51.7 Å². The van der Waals surface area contributed by atoms with Crippen molar-refractivity contribution in [2.24, 2.45) is 0 Å². The first-order chi connectivity index (χ1) is 24.0. The standard InChI is InChI=1S/C35H52F3N7O6/c1-22(2)44(6)24-8-10-29(28(20-24)42-30(46)12-15-49-17-18-50-16-13-39-33(48)51-34(3,4)5)45-14-11-27(32(45)47)43-31-25-19-23(35(36,37)38)7-9-26(25)40-21-41-31/h7,9,19,21-22,24,27-29H,8,10-18,20H2,1-6H3,(H,39,48)(H,42,46)(H,40,41,43)/t24-,27+,28-,29+/m1/s1. The molecule has 4 atom stereocenters. The third kappa shape index (κ3) is 11.6. The van der Waals surface area contributed by atoms with Crippen LogP contribution in [0, 0.1) is 0 Å². The van der Waals surface area contributed by atoms with Gasteiger partial charge in [0, 0.05) is 37.0 Å². The van der Waals surface area contributed by atoms with Gasteiger partial charge >= 0.3 is 12.3 Å². The highest BCUT2D eigenvalue weighted by Crippen LogP contribution is 2.34. The fourth-order valence-electron chi connectivity index (χ4n) is 6.44. The minimum absolute atomic E-state index is 0.132. The van der Waals surface area contributed by atoms with Gasteiger partial charge in [0.25, 0.3) is 0 Å². The van der Waals surface area contributed by atoms with Crippen molar-refractivity contribution in [2.75, 3.05) is 51.9 Å². The van der Waals surface area contributed by atoms with Gasteiger partial charge in [-0.15, -0.1) is 0 Å². The third-order valence-corrected chi connectivity index (χ3v) is 9.20. The lowest BCUT2D eigenvalue weighted by atomic mass is 9.84. The summed E-state index contributed by atoms with van der Waals surface area (Å²) in [6.45, 7) is 11.4. The molecule has 1 aliphatic heterocycles. The Hall–Kier alpha value is -3.76. The Balaban J connectivity index is 1.30. The summed E-state index contributed by atoms with van der Waals surface area (Å²) in [4.78, 5) is 51.0. The Morgan fingerprint density at radius 2 is 1.76 bits per heavy atom. The molecule has 1 aromatic heterocycles. The van der Waals surface area contributed by atoms with Crippen molar-refractivity contribution >= 4 is 34.6 Å². The zero-order valence-electron chi connectivity index (χ0n) is 30.3. The fraction of sp³-hybridized carbons (Fsp3) is 0.686. The fourth-order valence-corrected chi connectivity index (χ4v) is 6.44. The average molecular weight is 724 g/mol. The molecule has 1 aliphatic carbocycles.